The molecule has 60 valence electrons. The van der Waals surface area contributed by atoms with E-state index < -0.39 is 0 Å². The predicted molar refractivity (Wildman–Crippen MR) is 49.2 cm³/mol. The van der Waals surface area contributed by atoms with Crippen LogP contribution < -0.4 is 0 Å². The fraction of sp³-hybridized carbons (Fsp3) is 0. The lowest BCUT2D eigenvalue weighted by Crippen LogP contribution is -1.82. The molecule has 2 rings (SSSR count). The van der Waals surface area contributed by atoms with Gasteiger partial charge in [0.05, 0.1) is 11.7 Å². The van der Waals surface area contributed by atoms with E-state index in [1.165, 1.54) is 0 Å². The molecule has 1 aromatic heterocycles. The highest BCUT2D eigenvalue weighted by Crippen LogP contribution is 2.23. The molecule has 0 aliphatic rings. The van der Waals surface area contributed by atoms with Gasteiger partial charge in [-0.25, -0.2) is 0 Å². The maximum Gasteiger partial charge on any atom is 0.152 e. The van der Waals surface area contributed by atoms with Crippen LogP contribution in [0.25, 0.3) is 10.9 Å². The van der Waals surface area contributed by atoms with Gasteiger partial charge >= 0.3 is 0 Å². The fourth-order valence-corrected chi connectivity index (χ4v) is 1.55. The molecule has 0 saturated carbocycles. The monoisotopic (exact) mass is 224 g/mol. The Morgan fingerprint density at radius 3 is 3.08 bits per heavy atom. The van der Waals surface area contributed by atoms with E-state index in [-0.39, 0.29) is 0 Å². The molecule has 0 unspecified atom stereocenters. The van der Waals surface area contributed by atoms with Crippen LogP contribution in [0.1, 0.15) is 10.4 Å². The van der Waals surface area contributed by atoms with Gasteiger partial charge in [-0.05, 0) is 12.1 Å². The quantitative estimate of drug-likeness (QED) is 0.755. The number of nitrogens with one attached hydrogen (secondary N) is 1. The normalized spacial score (nSPS) is 10.4. The van der Waals surface area contributed by atoms with Crippen LogP contribution in [-0.2, 0) is 0 Å². The third-order valence-electron chi connectivity index (χ3n) is 1.72. The van der Waals surface area contributed by atoms with Crippen molar-refractivity contribution >= 4 is 33.1 Å². The summed E-state index contributed by atoms with van der Waals surface area (Å²) in [5, 5.41) is 7.56. The minimum absolute atomic E-state index is 0.630. The lowest BCUT2D eigenvalue weighted by atomic mass is 10.2. The van der Waals surface area contributed by atoms with Crippen molar-refractivity contribution in [2.24, 2.45) is 0 Å². The number of aromatic amines is 1. The third-order valence-corrected chi connectivity index (χ3v) is 2.41. The molecular weight excluding hydrogens is 220 g/mol. The average molecular weight is 225 g/mol. The smallest absolute Gasteiger partial charge is 0.152 e. The van der Waals surface area contributed by atoms with Crippen molar-refractivity contribution in [3.8, 4) is 0 Å². The van der Waals surface area contributed by atoms with E-state index in [0.29, 0.717) is 5.56 Å². The maximum atomic E-state index is 10.6. The SMILES string of the molecule is O=Cc1ccc(Br)c2cn[nH]c12. The van der Waals surface area contributed by atoms with Gasteiger partial charge in [0, 0.05) is 15.4 Å². The van der Waals surface area contributed by atoms with E-state index >= 15 is 0 Å². The van der Waals surface area contributed by atoms with Crippen molar-refractivity contribution in [3.05, 3.63) is 28.4 Å². The van der Waals surface area contributed by atoms with Crippen molar-refractivity contribution in [2.45, 2.75) is 0 Å². The highest BCUT2D eigenvalue weighted by Gasteiger charge is 2.04. The Hall–Kier alpha value is -1.16. The van der Waals surface area contributed by atoms with Crippen LogP contribution in [0.15, 0.2) is 22.8 Å². The Balaban J connectivity index is 2.91. The number of rotatable bonds is 1. The zero-order valence-electron chi connectivity index (χ0n) is 6.04. The molecule has 0 spiro atoms. The van der Waals surface area contributed by atoms with Crippen molar-refractivity contribution < 1.29 is 4.79 Å². The van der Waals surface area contributed by atoms with Gasteiger partial charge in [0.25, 0.3) is 0 Å². The van der Waals surface area contributed by atoms with Gasteiger partial charge in [0.1, 0.15) is 0 Å². The first-order chi connectivity index (χ1) is 5.83. The summed E-state index contributed by atoms with van der Waals surface area (Å²) in [6.45, 7) is 0. The third kappa shape index (κ3) is 0.956. The first-order valence-electron chi connectivity index (χ1n) is 3.39. The molecule has 0 fully saturated rings. The Labute approximate surface area is 76.9 Å². The number of aromatic nitrogens is 2. The number of fused-ring (bicyclic) bond motifs is 1. The Morgan fingerprint density at radius 1 is 1.50 bits per heavy atom. The van der Waals surface area contributed by atoms with E-state index in [4.69, 9.17) is 0 Å². The summed E-state index contributed by atoms with van der Waals surface area (Å²) in [6, 6.07) is 3.58. The predicted octanol–water partition coefficient (Wildman–Crippen LogP) is 2.14. The molecule has 1 aromatic carbocycles. The molecular formula is C8H5BrN2O. The van der Waals surface area contributed by atoms with Crippen LogP contribution in [0.4, 0.5) is 0 Å². The van der Waals surface area contributed by atoms with Gasteiger partial charge in [0.2, 0.25) is 0 Å². The molecule has 0 radical (unpaired) electrons. The molecule has 12 heavy (non-hydrogen) atoms. The summed E-state index contributed by atoms with van der Waals surface area (Å²) < 4.78 is 0.942. The minimum Gasteiger partial charge on any atom is -0.298 e. The number of hydrogen-bond donors (Lipinski definition) is 1. The highest BCUT2D eigenvalue weighted by atomic mass is 79.9. The zero-order valence-corrected chi connectivity index (χ0v) is 7.63. The number of H-pyrrole nitrogens is 1. The van der Waals surface area contributed by atoms with Crippen molar-refractivity contribution in [1.29, 1.82) is 0 Å². The van der Waals surface area contributed by atoms with Crippen LogP contribution in [0.2, 0.25) is 0 Å². The van der Waals surface area contributed by atoms with Crippen molar-refractivity contribution in [2.75, 3.05) is 0 Å². The first-order valence-corrected chi connectivity index (χ1v) is 4.19. The van der Waals surface area contributed by atoms with E-state index in [1.807, 2.05) is 6.07 Å². The second kappa shape index (κ2) is 2.71. The summed E-state index contributed by atoms with van der Waals surface area (Å²) in [7, 11) is 0. The number of benzene rings is 1. The van der Waals surface area contributed by atoms with Crippen molar-refractivity contribution in [1.82, 2.24) is 10.2 Å². The second-order valence-corrected chi connectivity index (χ2v) is 3.27. The lowest BCUT2D eigenvalue weighted by molar-refractivity contribution is 0.112. The molecule has 0 atom stereocenters. The van der Waals surface area contributed by atoms with Gasteiger partial charge in [-0.1, -0.05) is 15.9 Å². The lowest BCUT2D eigenvalue weighted by Gasteiger charge is -1.94. The first kappa shape index (κ1) is 7.49. The van der Waals surface area contributed by atoms with Crippen LogP contribution in [0.3, 0.4) is 0 Å². The maximum absolute atomic E-state index is 10.6. The summed E-state index contributed by atoms with van der Waals surface area (Å²) in [5.74, 6) is 0. The molecule has 0 aliphatic carbocycles. The summed E-state index contributed by atoms with van der Waals surface area (Å²) in [4.78, 5) is 10.6. The highest BCUT2D eigenvalue weighted by molar-refractivity contribution is 9.10. The van der Waals surface area contributed by atoms with E-state index in [9.17, 15) is 4.79 Å². The number of nitrogens with zero attached hydrogens (tertiary/aromatic N) is 1. The van der Waals surface area contributed by atoms with Crippen LogP contribution in [-0.4, -0.2) is 16.5 Å². The summed E-state index contributed by atoms with van der Waals surface area (Å²) in [5.41, 5.74) is 1.41. The van der Waals surface area contributed by atoms with Gasteiger partial charge in [-0.3, -0.25) is 9.89 Å². The molecule has 0 bridgehead atoms. The standard InChI is InChI=1S/C8H5BrN2O/c9-7-2-1-5(4-12)8-6(7)3-10-11-8/h1-4H,(H,10,11). The number of aldehydes is 1. The molecule has 2 aromatic rings. The van der Waals surface area contributed by atoms with E-state index in [1.54, 1.807) is 12.3 Å². The molecule has 1 heterocycles. The number of carbonyl (C=O) groups is 1. The number of hydrogen-bond acceptors (Lipinski definition) is 2. The Bertz CT molecular complexity index is 436. The number of carbonyl (C=O) groups excluding carboxylic acids is 1. The van der Waals surface area contributed by atoms with Crippen LogP contribution in [0, 0.1) is 0 Å². The zero-order chi connectivity index (χ0) is 8.55. The molecule has 0 saturated heterocycles. The van der Waals surface area contributed by atoms with E-state index in [0.717, 1.165) is 21.7 Å². The molecule has 0 aliphatic heterocycles. The fourth-order valence-electron chi connectivity index (χ4n) is 1.12. The second-order valence-electron chi connectivity index (χ2n) is 2.41. The molecule has 0 amide bonds. The molecule has 4 heteroatoms. The topological polar surface area (TPSA) is 45.8 Å². The average Bonchev–Trinajstić information content (AvgIpc) is 2.54. The van der Waals surface area contributed by atoms with Gasteiger partial charge in [-0.15, -0.1) is 0 Å². The van der Waals surface area contributed by atoms with Crippen LogP contribution in [0.5, 0.6) is 0 Å². The Kier molecular flexibility index (Phi) is 1.69. The molecule has 1 N–H and O–H groups in total. The number of halogens is 1. The van der Waals surface area contributed by atoms with Crippen molar-refractivity contribution in [3.63, 3.8) is 0 Å². The van der Waals surface area contributed by atoms with Crippen LogP contribution >= 0.6 is 15.9 Å². The van der Waals surface area contributed by atoms with Gasteiger partial charge in [0.15, 0.2) is 6.29 Å². The van der Waals surface area contributed by atoms with Gasteiger partial charge < -0.3 is 0 Å². The summed E-state index contributed by atoms with van der Waals surface area (Å²) >= 11 is 3.36. The summed E-state index contributed by atoms with van der Waals surface area (Å²) in [6.07, 6.45) is 2.50. The molecule has 3 nitrogen and oxygen atoms in total. The Morgan fingerprint density at radius 2 is 2.33 bits per heavy atom. The minimum atomic E-state index is 0.630. The largest absolute Gasteiger partial charge is 0.298 e. The van der Waals surface area contributed by atoms with Gasteiger partial charge in [-0.2, -0.15) is 5.10 Å². The van der Waals surface area contributed by atoms with E-state index in [2.05, 4.69) is 26.1 Å².